The van der Waals surface area contributed by atoms with Gasteiger partial charge in [-0.2, -0.15) is 0 Å². The topological polar surface area (TPSA) is 32.6 Å². The van der Waals surface area contributed by atoms with Crippen LogP contribution in [0.25, 0.3) is 5.52 Å². The second-order valence-electron chi connectivity index (χ2n) is 4.91. The van der Waals surface area contributed by atoms with Crippen molar-refractivity contribution in [1.82, 2.24) is 14.7 Å². The highest BCUT2D eigenvalue weighted by atomic mass is 79.9. The zero-order valence-corrected chi connectivity index (χ0v) is 12.2. The molecular weight excluding hydrogens is 292 g/mol. The molecule has 1 unspecified atom stereocenters. The lowest BCUT2D eigenvalue weighted by atomic mass is 10.2. The van der Waals surface area contributed by atoms with Gasteiger partial charge in [0.1, 0.15) is 16.2 Å². The molecule has 2 aromatic heterocycles. The average molecular weight is 309 g/mol. The number of nitrogens with one attached hydrogen (secondary N) is 1. The Balaban J connectivity index is 2.24. The van der Waals surface area contributed by atoms with Crippen molar-refractivity contribution in [1.29, 1.82) is 0 Å². The van der Waals surface area contributed by atoms with Crippen LogP contribution in [0.4, 0.5) is 5.82 Å². The highest BCUT2D eigenvalue weighted by molar-refractivity contribution is 9.10. The molecule has 4 nitrogen and oxygen atoms in total. The van der Waals surface area contributed by atoms with Crippen LogP contribution in [0.3, 0.4) is 0 Å². The number of hydrogen-bond donors (Lipinski definition) is 1. The van der Waals surface area contributed by atoms with Crippen molar-refractivity contribution < 1.29 is 0 Å². The van der Waals surface area contributed by atoms with Crippen LogP contribution in [0.1, 0.15) is 24.7 Å². The Morgan fingerprint density at radius 3 is 2.94 bits per heavy atom. The molecular formula is C13H17BrN4. The quantitative estimate of drug-likeness (QED) is 0.925. The van der Waals surface area contributed by atoms with E-state index in [0.717, 1.165) is 34.7 Å². The Kier molecular flexibility index (Phi) is 3.03. The summed E-state index contributed by atoms with van der Waals surface area (Å²) in [5, 5.41) is 3.52. The summed E-state index contributed by atoms with van der Waals surface area (Å²) in [5.74, 6) is 2.27. The van der Waals surface area contributed by atoms with Crippen LogP contribution in [0.15, 0.2) is 22.8 Å². The molecule has 0 bridgehead atoms. The smallest absolute Gasteiger partial charge is 0.133 e. The molecule has 1 fully saturated rings. The van der Waals surface area contributed by atoms with E-state index < -0.39 is 0 Å². The molecule has 0 amide bonds. The molecule has 0 aromatic carbocycles. The lowest BCUT2D eigenvalue weighted by molar-refractivity contribution is 0.602. The minimum atomic E-state index is 0.366. The predicted octanol–water partition coefficient (Wildman–Crippen LogP) is 2.59. The van der Waals surface area contributed by atoms with Gasteiger partial charge >= 0.3 is 0 Å². The maximum absolute atomic E-state index is 4.71. The number of fused-ring (bicyclic) bond motifs is 1. The van der Waals surface area contributed by atoms with E-state index in [1.165, 1.54) is 6.42 Å². The molecule has 3 heterocycles. The van der Waals surface area contributed by atoms with E-state index in [9.17, 15) is 0 Å². The summed E-state index contributed by atoms with van der Waals surface area (Å²) < 4.78 is 3.17. The van der Waals surface area contributed by atoms with Gasteiger partial charge in [0.2, 0.25) is 0 Å². The first-order chi connectivity index (χ1) is 8.68. The van der Waals surface area contributed by atoms with Crippen molar-refractivity contribution in [3.63, 3.8) is 0 Å². The second kappa shape index (κ2) is 4.55. The number of rotatable bonds is 2. The van der Waals surface area contributed by atoms with Crippen LogP contribution >= 0.6 is 15.9 Å². The number of anilines is 1. The summed E-state index contributed by atoms with van der Waals surface area (Å²) in [6.07, 6.45) is 2.38. The summed E-state index contributed by atoms with van der Waals surface area (Å²) in [5.41, 5.74) is 1.13. The third-order valence-corrected chi connectivity index (χ3v) is 4.04. The molecule has 1 N–H and O–H groups in total. The van der Waals surface area contributed by atoms with Gasteiger partial charge in [-0.1, -0.05) is 6.07 Å². The molecule has 1 saturated heterocycles. The van der Waals surface area contributed by atoms with Crippen molar-refractivity contribution in [3.8, 4) is 0 Å². The molecule has 1 aliphatic rings. The van der Waals surface area contributed by atoms with Gasteiger partial charge in [0.25, 0.3) is 0 Å². The third kappa shape index (κ3) is 1.82. The second-order valence-corrected chi connectivity index (χ2v) is 5.66. The van der Waals surface area contributed by atoms with Crippen LogP contribution in [-0.4, -0.2) is 30.0 Å². The van der Waals surface area contributed by atoms with E-state index in [-0.39, 0.29) is 0 Å². The van der Waals surface area contributed by atoms with Crippen LogP contribution in [0.2, 0.25) is 0 Å². The summed E-state index contributed by atoms with van der Waals surface area (Å²) in [6.45, 7) is 1.08. The number of pyridine rings is 1. The molecule has 2 aromatic rings. The molecule has 96 valence electrons. The average Bonchev–Trinajstić information content (AvgIpc) is 2.97. The summed E-state index contributed by atoms with van der Waals surface area (Å²) in [6, 6.07) is 6.66. The van der Waals surface area contributed by atoms with E-state index >= 15 is 0 Å². The highest BCUT2D eigenvalue weighted by Crippen LogP contribution is 2.30. The predicted molar refractivity (Wildman–Crippen MR) is 77.2 cm³/mol. The summed E-state index contributed by atoms with van der Waals surface area (Å²) in [4.78, 5) is 6.83. The normalized spacial score (nSPS) is 19.6. The molecule has 0 aliphatic carbocycles. The van der Waals surface area contributed by atoms with Gasteiger partial charge in [0.15, 0.2) is 0 Å². The maximum atomic E-state index is 4.71. The van der Waals surface area contributed by atoms with Gasteiger partial charge in [0, 0.05) is 14.1 Å². The SMILES string of the molecule is CN(C)c1cccc2c(Br)nc(C3CCCN3)n12. The van der Waals surface area contributed by atoms with Crippen LogP contribution in [0.5, 0.6) is 0 Å². The molecule has 0 spiro atoms. The van der Waals surface area contributed by atoms with Gasteiger partial charge in [-0.15, -0.1) is 0 Å². The Morgan fingerprint density at radius 1 is 1.44 bits per heavy atom. The fourth-order valence-electron chi connectivity index (χ4n) is 2.60. The van der Waals surface area contributed by atoms with Crippen LogP contribution in [0, 0.1) is 0 Å². The first kappa shape index (κ1) is 12.0. The largest absolute Gasteiger partial charge is 0.364 e. The van der Waals surface area contributed by atoms with E-state index in [1.54, 1.807) is 0 Å². The van der Waals surface area contributed by atoms with Crippen molar-refractivity contribution >= 4 is 27.3 Å². The van der Waals surface area contributed by atoms with Gasteiger partial charge in [-0.3, -0.25) is 4.40 Å². The Labute approximate surface area is 115 Å². The van der Waals surface area contributed by atoms with Crippen molar-refractivity contribution in [2.75, 3.05) is 25.5 Å². The van der Waals surface area contributed by atoms with Crippen molar-refractivity contribution in [2.45, 2.75) is 18.9 Å². The molecule has 0 saturated carbocycles. The van der Waals surface area contributed by atoms with E-state index in [4.69, 9.17) is 4.98 Å². The zero-order chi connectivity index (χ0) is 12.7. The number of imidazole rings is 1. The number of hydrogen-bond acceptors (Lipinski definition) is 3. The lowest BCUT2D eigenvalue weighted by Gasteiger charge is -2.18. The number of nitrogens with zero attached hydrogens (tertiary/aromatic N) is 3. The van der Waals surface area contributed by atoms with Gasteiger partial charge in [-0.05, 0) is 47.4 Å². The Hall–Kier alpha value is -1.07. The molecule has 1 atom stereocenters. The standard InChI is InChI=1S/C13H17BrN4/c1-17(2)11-7-3-6-10-12(14)16-13(18(10)11)9-5-4-8-15-9/h3,6-7,9,15H,4-5,8H2,1-2H3. The van der Waals surface area contributed by atoms with E-state index in [1.807, 2.05) is 0 Å². The third-order valence-electron chi connectivity index (χ3n) is 3.45. The number of aromatic nitrogens is 2. The first-order valence-corrected chi connectivity index (χ1v) is 7.05. The van der Waals surface area contributed by atoms with E-state index in [2.05, 4.69) is 62.8 Å². The van der Waals surface area contributed by atoms with Crippen LogP contribution < -0.4 is 10.2 Å². The van der Waals surface area contributed by atoms with Gasteiger partial charge < -0.3 is 10.2 Å². The fraction of sp³-hybridized carbons (Fsp3) is 0.462. The van der Waals surface area contributed by atoms with Crippen LogP contribution in [-0.2, 0) is 0 Å². The minimum Gasteiger partial charge on any atom is -0.364 e. The zero-order valence-electron chi connectivity index (χ0n) is 10.7. The molecule has 3 rings (SSSR count). The van der Waals surface area contributed by atoms with E-state index in [0.29, 0.717) is 6.04 Å². The van der Waals surface area contributed by atoms with Gasteiger partial charge in [-0.25, -0.2) is 4.98 Å². The van der Waals surface area contributed by atoms with Gasteiger partial charge in [0.05, 0.1) is 11.6 Å². The lowest BCUT2D eigenvalue weighted by Crippen LogP contribution is -2.19. The maximum Gasteiger partial charge on any atom is 0.133 e. The Bertz CT molecular complexity index is 570. The summed E-state index contributed by atoms with van der Waals surface area (Å²) >= 11 is 3.57. The Morgan fingerprint density at radius 2 is 2.28 bits per heavy atom. The molecule has 5 heteroatoms. The monoisotopic (exact) mass is 308 g/mol. The highest BCUT2D eigenvalue weighted by Gasteiger charge is 2.23. The molecule has 18 heavy (non-hydrogen) atoms. The molecule has 1 aliphatic heterocycles. The fourth-order valence-corrected chi connectivity index (χ4v) is 3.09. The number of halogens is 1. The summed E-state index contributed by atoms with van der Waals surface area (Å²) in [7, 11) is 4.13. The van der Waals surface area contributed by atoms with Crippen molar-refractivity contribution in [2.24, 2.45) is 0 Å². The first-order valence-electron chi connectivity index (χ1n) is 6.26. The van der Waals surface area contributed by atoms with Crippen molar-refractivity contribution in [3.05, 3.63) is 28.6 Å². The minimum absolute atomic E-state index is 0.366. The molecule has 0 radical (unpaired) electrons.